The van der Waals surface area contributed by atoms with Gasteiger partial charge in [0.15, 0.2) is 5.82 Å². The zero-order valence-corrected chi connectivity index (χ0v) is 18.3. The minimum Gasteiger partial charge on any atom is -0.491 e. The van der Waals surface area contributed by atoms with Crippen molar-refractivity contribution in [2.24, 2.45) is 5.73 Å². The Morgan fingerprint density at radius 2 is 2.16 bits per heavy atom. The summed E-state index contributed by atoms with van der Waals surface area (Å²) in [5.74, 6) is 2.39. The van der Waals surface area contributed by atoms with E-state index in [-0.39, 0.29) is 12.1 Å². The topological polar surface area (TPSA) is 126 Å². The Kier molecular flexibility index (Phi) is 5.04. The first kappa shape index (κ1) is 20.4. The van der Waals surface area contributed by atoms with Gasteiger partial charge in [0, 0.05) is 44.6 Å². The number of anilines is 1. The average Bonchev–Trinajstić information content (AvgIpc) is 3.49. The highest BCUT2D eigenvalue weighted by Gasteiger charge is 2.37. The molecule has 3 aromatic heterocycles. The second-order valence-electron chi connectivity index (χ2n) is 8.32. The van der Waals surface area contributed by atoms with E-state index in [1.165, 1.54) is 0 Å². The summed E-state index contributed by atoms with van der Waals surface area (Å²) in [6.07, 6.45) is 5.72. The maximum atomic E-state index is 12.0. The molecular weight excluding hydrogens is 412 g/mol. The van der Waals surface area contributed by atoms with Crippen molar-refractivity contribution in [1.29, 1.82) is 0 Å². The van der Waals surface area contributed by atoms with Gasteiger partial charge in [-0.15, -0.1) is 0 Å². The first-order chi connectivity index (χ1) is 15.5. The number of carbonyl (C=O) groups is 1. The third-order valence-electron chi connectivity index (χ3n) is 5.97. The Balaban J connectivity index is 1.52. The first-order valence-electron chi connectivity index (χ1n) is 10.6. The number of amides is 1. The van der Waals surface area contributed by atoms with Gasteiger partial charge in [0.1, 0.15) is 42.1 Å². The van der Waals surface area contributed by atoms with Gasteiger partial charge in [-0.25, -0.2) is 19.6 Å². The lowest BCUT2D eigenvalue weighted by Gasteiger charge is -2.23. The van der Waals surface area contributed by atoms with E-state index in [1.807, 2.05) is 26.4 Å². The summed E-state index contributed by atoms with van der Waals surface area (Å²) >= 11 is 0. The molecule has 168 valence electrons. The van der Waals surface area contributed by atoms with Crippen molar-refractivity contribution in [2.75, 3.05) is 25.2 Å². The van der Waals surface area contributed by atoms with Gasteiger partial charge in [-0.2, -0.15) is 5.10 Å². The number of ether oxygens (including phenoxy) is 2. The van der Waals surface area contributed by atoms with Crippen molar-refractivity contribution in [1.82, 2.24) is 29.3 Å². The minimum atomic E-state index is -0.465. The van der Waals surface area contributed by atoms with Crippen molar-refractivity contribution < 1.29 is 14.3 Å². The third-order valence-corrected chi connectivity index (χ3v) is 5.97. The smallest absolute Gasteiger partial charge is 0.240 e. The van der Waals surface area contributed by atoms with E-state index in [0.717, 1.165) is 22.9 Å². The molecule has 0 bridgehead atoms. The number of fused-ring (bicyclic) bond motifs is 3. The molecule has 2 atom stereocenters. The number of imidazole rings is 1. The van der Waals surface area contributed by atoms with Crippen LogP contribution in [0.5, 0.6) is 5.75 Å². The van der Waals surface area contributed by atoms with Crippen LogP contribution in [0, 0.1) is 0 Å². The Hall–Kier alpha value is -3.47. The highest BCUT2D eigenvalue weighted by Crippen LogP contribution is 2.37. The van der Waals surface area contributed by atoms with Crippen molar-refractivity contribution in [3.63, 3.8) is 0 Å². The van der Waals surface area contributed by atoms with E-state index in [9.17, 15) is 4.79 Å². The third kappa shape index (κ3) is 3.38. The Morgan fingerprint density at radius 3 is 2.91 bits per heavy atom. The standard InChI is InChI=1S/C21H26N8O3/c1-12(2)29-21(24-11-25-29)15-10-27-4-5-32-17-7-18(23-8-14(17)20(27)26-15)28-9-13(31-3)6-16(28)19(22)30/h7-8,10-13,16H,4-6,9H2,1-3H3,(H2,22,30)/t13-,16+/m1/s1. The number of nitrogens with zero attached hydrogens (tertiary/aromatic N) is 7. The molecule has 1 amide bonds. The van der Waals surface area contributed by atoms with Crippen LogP contribution in [0.2, 0.25) is 0 Å². The van der Waals surface area contributed by atoms with E-state index in [0.29, 0.717) is 37.7 Å². The number of pyridine rings is 1. The van der Waals surface area contributed by atoms with Crippen LogP contribution in [0.15, 0.2) is 24.8 Å². The summed E-state index contributed by atoms with van der Waals surface area (Å²) in [6, 6.07) is 1.56. The van der Waals surface area contributed by atoms with Gasteiger partial charge in [0.05, 0.1) is 18.2 Å². The van der Waals surface area contributed by atoms with Crippen LogP contribution in [-0.4, -0.2) is 67.6 Å². The molecule has 11 nitrogen and oxygen atoms in total. The predicted molar refractivity (Wildman–Crippen MR) is 116 cm³/mol. The van der Waals surface area contributed by atoms with Crippen LogP contribution in [0.25, 0.3) is 22.9 Å². The molecule has 32 heavy (non-hydrogen) atoms. The van der Waals surface area contributed by atoms with Crippen molar-refractivity contribution in [3.05, 3.63) is 24.8 Å². The molecule has 0 aromatic carbocycles. The molecule has 1 fully saturated rings. The number of aromatic nitrogens is 6. The van der Waals surface area contributed by atoms with Crippen LogP contribution in [0.4, 0.5) is 5.82 Å². The van der Waals surface area contributed by atoms with E-state index >= 15 is 0 Å². The fourth-order valence-corrected chi connectivity index (χ4v) is 4.34. The number of primary amides is 1. The van der Waals surface area contributed by atoms with Gasteiger partial charge >= 0.3 is 0 Å². The van der Waals surface area contributed by atoms with Crippen molar-refractivity contribution in [3.8, 4) is 28.7 Å². The SMILES string of the molecule is CO[C@@H]1C[C@@H](C(N)=O)N(c2cc3c(cn2)-c2nc(-c4ncnn4C(C)C)cn2CCO3)C1. The summed E-state index contributed by atoms with van der Waals surface area (Å²) in [6.45, 7) is 5.77. The molecule has 5 rings (SSSR count). The lowest BCUT2D eigenvalue weighted by atomic mass is 10.2. The number of nitrogens with two attached hydrogens (primary N) is 1. The molecule has 0 unspecified atom stereocenters. The maximum Gasteiger partial charge on any atom is 0.240 e. The van der Waals surface area contributed by atoms with E-state index in [4.69, 9.17) is 20.2 Å². The second kappa shape index (κ2) is 7.90. The highest BCUT2D eigenvalue weighted by atomic mass is 16.5. The fourth-order valence-electron chi connectivity index (χ4n) is 4.34. The van der Waals surface area contributed by atoms with Crippen LogP contribution in [0.1, 0.15) is 26.3 Å². The first-order valence-corrected chi connectivity index (χ1v) is 10.6. The molecule has 3 aromatic rings. The zero-order chi connectivity index (χ0) is 22.4. The quantitative estimate of drug-likeness (QED) is 0.631. The zero-order valence-electron chi connectivity index (χ0n) is 18.3. The van der Waals surface area contributed by atoms with Gasteiger partial charge in [-0.1, -0.05) is 0 Å². The predicted octanol–water partition coefficient (Wildman–Crippen LogP) is 1.26. The molecule has 0 aliphatic carbocycles. The van der Waals surface area contributed by atoms with Crippen LogP contribution in [0.3, 0.4) is 0 Å². The van der Waals surface area contributed by atoms with E-state index < -0.39 is 11.9 Å². The molecule has 2 aliphatic rings. The van der Waals surface area contributed by atoms with Crippen LogP contribution >= 0.6 is 0 Å². The van der Waals surface area contributed by atoms with Gasteiger partial charge in [-0.3, -0.25) is 4.79 Å². The minimum absolute atomic E-state index is 0.0752. The molecule has 11 heteroatoms. The molecule has 2 N–H and O–H groups in total. The maximum absolute atomic E-state index is 12.0. The normalized spacial score (nSPS) is 20.1. The number of rotatable bonds is 5. The number of methoxy groups -OCH3 is 1. The Bertz CT molecular complexity index is 1150. The Labute approximate surface area is 185 Å². The summed E-state index contributed by atoms with van der Waals surface area (Å²) in [5.41, 5.74) is 7.16. The van der Waals surface area contributed by atoms with Gasteiger partial charge in [-0.05, 0) is 13.8 Å². The number of hydrogen-bond donors (Lipinski definition) is 1. The molecule has 0 radical (unpaired) electrons. The molecule has 1 saturated heterocycles. The summed E-state index contributed by atoms with van der Waals surface area (Å²) in [4.78, 5) is 27.7. The molecule has 0 saturated carbocycles. The summed E-state index contributed by atoms with van der Waals surface area (Å²) in [7, 11) is 1.64. The monoisotopic (exact) mass is 438 g/mol. The van der Waals surface area contributed by atoms with Crippen molar-refractivity contribution in [2.45, 2.75) is 45.0 Å². The lowest BCUT2D eigenvalue weighted by molar-refractivity contribution is -0.119. The average molecular weight is 438 g/mol. The summed E-state index contributed by atoms with van der Waals surface area (Å²) in [5, 5.41) is 4.32. The molecule has 0 spiro atoms. The van der Waals surface area contributed by atoms with Crippen LogP contribution in [-0.2, 0) is 16.1 Å². The molecule has 5 heterocycles. The van der Waals surface area contributed by atoms with Gasteiger partial charge in [0.2, 0.25) is 5.91 Å². The Morgan fingerprint density at radius 1 is 1.31 bits per heavy atom. The van der Waals surface area contributed by atoms with E-state index in [2.05, 4.69) is 28.9 Å². The lowest BCUT2D eigenvalue weighted by Crippen LogP contribution is -2.40. The van der Waals surface area contributed by atoms with Gasteiger partial charge < -0.3 is 24.7 Å². The fraction of sp³-hybridized carbons (Fsp3) is 0.476. The largest absolute Gasteiger partial charge is 0.491 e. The van der Waals surface area contributed by atoms with Crippen LogP contribution < -0.4 is 15.4 Å². The highest BCUT2D eigenvalue weighted by molar-refractivity contribution is 5.84. The van der Waals surface area contributed by atoms with Crippen molar-refractivity contribution >= 4 is 11.7 Å². The number of carbonyl (C=O) groups excluding carboxylic acids is 1. The molecule has 2 aliphatic heterocycles. The number of hydrogen-bond acceptors (Lipinski definition) is 8. The molecular formula is C21H26N8O3. The van der Waals surface area contributed by atoms with E-state index in [1.54, 1.807) is 19.6 Å². The summed E-state index contributed by atoms with van der Waals surface area (Å²) < 4.78 is 15.4. The second-order valence-corrected chi connectivity index (χ2v) is 8.32. The van der Waals surface area contributed by atoms with Gasteiger partial charge in [0.25, 0.3) is 0 Å².